The number of hydrogen-bond donors (Lipinski definition) is 1. The fraction of sp³-hybridized carbons (Fsp3) is 0.786. The van der Waals surface area contributed by atoms with Gasteiger partial charge in [0.25, 0.3) is 10.0 Å². The molecular formula is C14H26BrN3O2S. The molecule has 1 unspecified atom stereocenters. The monoisotopic (exact) mass is 379 g/mol. The minimum absolute atomic E-state index is 0.109. The van der Waals surface area contributed by atoms with Crippen molar-refractivity contribution in [2.75, 3.05) is 6.54 Å². The highest BCUT2D eigenvalue weighted by molar-refractivity contribution is 9.09. The molecule has 21 heavy (non-hydrogen) atoms. The molecule has 0 spiro atoms. The molecule has 0 amide bonds. The molecule has 7 heteroatoms. The normalized spacial score (nSPS) is 13.8. The van der Waals surface area contributed by atoms with Gasteiger partial charge >= 0.3 is 0 Å². The van der Waals surface area contributed by atoms with Gasteiger partial charge in [-0.05, 0) is 19.3 Å². The molecule has 0 aliphatic heterocycles. The lowest BCUT2D eigenvalue weighted by Crippen LogP contribution is -2.33. The van der Waals surface area contributed by atoms with E-state index >= 15 is 0 Å². The summed E-state index contributed by atoms with van der Waals surface area (Å²) in [5.74, 6) is 1.19. The van der Waals surface area contributed by atoms with Crippen molar-refractivity contribution in [1.82, 2.24) is 14.3 Å². The van der Waals surface area contributed by atoms with Gasteiger partial charge in [0.15, 0.2) is 5.03 Å². The maximum absolute atomic E-state index is 12.3. The first-order valence-corrected chi connectivity index (χ1v) is 9.93. The van der Waals surface area contributed by atoms with E-state index in [0.29, 0.717) is 12.5 Å². The Morgan fingerprint density at radius 2 is 1.95 bits per heavy atom. The van der Waals surface area contributed by atoms with E-state index in [9.17, 15) is 8.42 Å². The number of nitrogens with one attached hydrogen (secondary N) is 1. The van der Waals surface area contributed by atoms with Crippen LogP contribution in [0.1, 0.15) is 45.9 Å². The molecule has 0 aliphatic carbocycles. The van der Waals surface area contributed by atoms with Gasteiger partial charge in [0.05, 0.1) is 0 Å². The van der Waals surface area contributed by atoms with E-state index in [0.717, 1.165) is 31.6 Å². The average Bonchev–Trinajstić information content (AvgIpc) is 2.81. The first kappa shape index (κ1) is 18.6. The van der Waals surface area contributed by atoms with E-state index in [1.165, 1.54) is 0 Å². The number of imidazole rings is 1. The van der Waals surface area contributed by atoms with Crippen LogP contribution in [0.4, 0.5) is 0 Å². The summed E-state index contributed by atoms with van der Waals surface area (Å²) in [6.45, 7) is 9.28. The second-order valence-corrected chi connectivity index (χ2v) is 8.15. The number of aromatic nitrogens is 2. The third kappa shape index (κ3) is 5.07. The van der Waals surface area contributed by atoms with Crippen molar-refractivity contribution >= 4 is 26.0 Å². The minimum atomic E-state index is -3.54. The summed E-state index contributed by atoms with van der Waals surface area (Å²) >= 11 is 3.58. The van der Waals surface area contributed by atoms with Crippen molar-refractivity contribution in [2.45, 2.75) is 63.4 Å². The lowest BCUT2D eigenvalue weighted by atomic mass is 10.00. The molecule has 1 aromatic rings. The Kier molecular flexibility index (Phi) is 7.36. The molecule has 0 aliphatic rings. The van der Waals surface area contributed by atoms with Gasteiger partial charge in [-0.2, -0.15) is 0 Å². The number of alkyl halides is 1. The van der Waals surface area contributed by atoms with Crippen LogP contribution in [0, 0.1) is 12.8 Å². The van der Waals surface area contributed by atoms with E-state index in [4.69, 9.17) is 0 Å². The SMILES string of the molecule is CCCn1cc(S(=O)(=O)NCC(Br)C(CC)CC)nc1C. The largest absolute Gasteiger partial charge is 0.334 e. The Morgan fingerprint density at radius 3 is 2.48 bits per heavy atom. The molecule has 1 heterocycles. The smallest absolute Gasteiger partial charge is 0.259 e. The highest BCUT2D eigenvalue weighted by atomic mass is 79.9. The van der Waals surface area contributed by atoms with Gasteiger partial charge in [-0.25, -0.2) is 18.1 Å². The van der Waals surface area contributed by atoms with Gasteiger partial charge in [-0.1, -0.05) is 49.5 Å². The summed E-state index contributed by atoms with van der Waals surface area (Å²) in [5.41, 5.74) is 0. The molecule has 0 aromatic carbocycles. The van der Waals surface area contributed by atoms with Crippen molar-refractivity contribution in [1.29, 1.82) is 0 Å². The van der Waals surface area contributed by atoms with Crippen molar-refractivity contribution in [3.63, 3.8) is 0 Å². The van der Waals surface area contributed by atoms with Gasteiger partial charge < -0.3 is 4.57 Å². The summed E-state index contributed by atoms with van der Waals surface area (Å²) in [5, 5.41) is 0.109. The standard InChI is InChI=1S/C14H26BrN3O2S/c1-5-8-18-10-14(17-11(18)4)21(19,20)16-9-13(15)12(6-2)7-3/h10,12-13,16H,5-9H2,1-4H3. The van der Waals surface area contributed by atoms with E-state index in [1.807, 2.05) is 11.5 Å². The molecule has 0 fully saturated rings. The van der Waals surface area contributed by atoms with Crippen LogP contribution in [0.3, 0.4) is 0 Å². The second-order valence-electron chi connectivity index (χ2n) is 5.26. The maximum Gasteiger partial charge on any atom is 0.259 e. The Morgan fingerprint density at radius 1 is 1.33 bits per heavy atom. The molecule has 0 radical (unpaired) electrons. The summed E-state index contributed by atoms with van der Waals surface area (Å²) in [6, 6.07) is 0. The predicted molar refractivity (Wildman–Crippen MR) is 89.2 cm³/mol. The molecule has 0 bridgehead atoms. The summed E-state index contributed by atoms with van der Waals surface area (Å²) < 4.78 is 29.1. The van der Waals surface area contributed by atoms with Gasteiger partial charge in [-0.15, -0.1) is 0 Å². The molecule has 1 aromatic heterocycles. The van der Waals surface area contributed by atoms with Crippen molar-refractivity contribution < 1.29 is 8.42 Å². The highest BCUT2D eigenvalue weighted by Crippen LogP contribution is 2.20. The number of nitrogens with zero attached hydrogens (tertiary/aromatic N) is 2. The van der Waals surface area contributed by atoms with E-state index in [1.54, 1.807) is 6.20 Å². The fourth-order valence-electron chi connectivity index (χ4n) is 2.31. The second kappa shape index (κ2) is 8.29. The van der Waals surface area contributed by atoms with Crippen LogP contribution in [0.25, 0.3) is 0 Å². The topological polar surface area (TPSA) is 64.0 Å². The summed E-state index contributed by atoms with van der Waals surface area (Å²) in [7, 11) is -3.54. The Labute approximate surface area is 136 Å². The minimum Gasteiger partial charge on any atom is -0.334 e. The van der Waals surface area contributed by atoms with Crippen molar-refractivity contribution in [2.24, 2.45) is 5.92 Å². The molecule has 0 saturated heterocycles. The van der Waals surface area contributed by atoms with E-state index < -0.39 is 10.0 Å². The molecule has 1 rings (SSSR count). The zero-order valence-corrected chi connectivity index (χ0v) is 15.7. The van der Waals surface area contributed by atoms with Gasteiger partial charge in [0, 0.05) is 24.1 Å². The number of rotatable bonds is 9. The molecule has 122 valence electrons. The lowest BCUT2D eigenvalue weighted by molar-refractivity contribution is 0.470. The van der Waals surface area contributed by atoms with Gasteiger partial charge in [0.2, 0.25) is 0 Å². The lowest BCUT2D eigenvalue weighted by Gasteiger charge is -2.19. The first-order valence-electron chi connectivity index (χ1n) is 7.53. The predicted octanol–water partition coefficient (Wildman–Crippen LogP) is 3.08. The van der Waals surface area contributed by atoms with Gasteiger partial charge in [0.1, 0.15) is 5.82 Å². The molecule has 5 nitrogen and oxygen atoms in total. The Bertz CT molecular complexity index is 538. The van der Waals surface area contributed by atoms with Crippen LogP contribution < -0.4 is 4.72 Å². The van der Waals surface area contributed by atoms with Crippen LogP contribution >= 0.6 is 15.9 Å². The van der Waals surface area contributed by atoms with Crippen molar-refractivity contribution in [3.8, 4) is 0 Å². The third-order valence-corrected chi connectivity index (χ3v) is 6.09. The van der Waals surface area contributed by atoms with E-state index in [2.05, 4.69) is 46.4 Å². The first-order chi connectivity index (χ1) is 9.85. The molecular weight excluding hydrogens is 354 g/mol. The average molecular weight is 380 g/mol. The van der Waals surface area contributed by atoms with E-state index in [-0.39, 0.29) is 9.85 Å². The number of sulfonamides is 1. The van der Waals surface area contributed by atoms with Crippen LogP contribution in [0.2, 0.25) is 0 Å². The summed E-state index contributed by atoms with van der Waals surface area (Å²) in [4.78, 5) is 4.30. The maximum atomic E-state index is 12.3. The molecule has 1 N–H and O–H groups in total. The third-order valence-electron chi connectivity index (χ3n) is 3.72. The number of aryl methyl sites for hydroxylation is 2. The van der Waals surface area contributed by atoms with Crippen LogP contribution in [-0.4, -0.2) is 29.3 Å². The number of halogens is 1. The van der Waals surface area contributed by atoms with Crippen LogP contribution in [0.15, 0.2) is 11.2 Å². The summed E-state index contributed by atoms with van der Waals surface area (Å²) in [6.07, 6.45) is 4.61. The van der Waals surface area contributed by atoms with Crippen LogP contribution in [0.5, 0.6) is 0 Å². The molecule has 0 saturated carbocycles. The Balaban J connectivity index is 2.75. The zero-order valence-electron chi connectivity index (χ0n) is 13.3. The highest BCUT2D eigenvalue weighted by Gasteiger charge is 2.22. The molecule has 1 atom stereocenters. The Hall–Kier alpha value is -0.400. The zero-order chi connectivity index (χ0) is 16.0. The fourth-order valence-corrected chi connectivity index (χ4v) is 4.50. The quantitative estimate of drug-likeness (QED) is 0.670. The van der Waals surface area contributed by atoms with Crippen LogP contribution in [-0.2, 0) is 16.6 Å². The van der Waals surface area contributed by atoms with Crippen molar-refractivity contribution in [3.05, 3.63) is 12.0 Å². The van der Waals surface area contributed by atoms with Gasteiger partial charge in [-0.3, -0.25) is 0 Å². The number of hydrogen-bond acceptors (Lipinski definition) is 3.